The Bertz CT molecular complexity index is 669. The molecule has 106 valence electrons. The summed E-state index contributed by atoms with van der Waals surface area (Å²) in [6, 6.07) is 5.87. The number of nitrogen functional groups attached to an aromatic ring is 2. The molecular weight excluding hydrogens is 273 g/mol. The molecule has 6 N–H and O–H groups in total. The van der Waals surface area contributed by atoms with Gasteiger partial charge in [0, 0.05) is 0 Å². The van der Waals surface area contributed by atoms with Crippen molar-refractivity contribution in [1.29, 1.82) is 0 Å². The van der Waals surface area contributed by atoms with Crippen LogP contribution < -0.4 is 11.5 Å². The molecule has 0 aliphatic heterocycles. The smallest absolute Gasteiger partial charge is 0.418 e. The molecule has 0 saturated heterocycles. The van der Waals surface area contributed by atoms with Crippen molar-refractivity contribution < 1.29 is 23.4 Å². The predicted molar refractivity (Wildman–Crippen MR) is 69.0 cm³/mol. The second-order valence-corrected chi connectivity index (χ2v) is 4.23. The van der Waals surface area contributed by atoms with Crippen molar-refractivity contribution in [1.82, 2.24) is 0 Å². The minimum absolute atomic E-state index is 0.0207. The molecule has 7 heteroatoms. The number of phenolic OH excluding ortho intramolecular Hbond substituents is 2. The minimum atomic E-state index is -4.68. The lowest BCUT2D eigenvalue weighted by atomic mass is 10.00. The summed E-state index contributed by atoms with van der Waals surface area (Å²) in [5.74, 6) is -0.842. The zero-order valence-corrected chi connectivity index (χ0v) is 10.1. The van der Waals surface area contributed by atoms with Crippen LogP contribution in [0.4, 0.5) is 24.5 Å². The van der Waals surface area contributed by atoms with Gasteiger partial charge in [-0.3, -0.25) is 0 Å². The number of nitrogens with two attached hydrogens (primary N) is 2. The van der Waals surface area contributed by atoms with E-state index in [0.717, 1.165) is 12.1 Å². The summed E-state index contributed by atoms with van der Waals surface area (Å²) in [6.45, 7) is 0. The normalized spacial score (nSPS) is 11.6. The first kappa shape index (κ1) is 13.9. The number of hydrogen-bond acceptors (Lipinski definition) is 4. The van der Waals surface area contributed by atoms with Crippen LogP contribution in [0.5, 0.6) is 11.5 Å². The van der Waals surface area contributed by atoms with E-state index < -0.39 is 23.2 Å². The van der Waals surface area contributed by atoms with Gasteiger partial charge in [0.15, 0.2) is 0 Å². The highest BCUT2D eigenvalue weighted by Crippen LogP contribution is 2.41. The van der Waals surface area contributed by atoms with E-state index in [2.05, 4.69) is 0 Å². The van der Waals surface area contributed by atoms with Crippen molar-refractivity contribution in [3.05, 3.63) is 35.9 Å². The van der Waals surface area contributed by atoms with Gasteiger partial charge in [-0.05, 0) is 35.4 Å². The van der Waals surface area contributed by atoms with Crippen LogP contribution >= 0.6 is 0 Å². The van der Waals surface area contributed by atoms with Crippen molar-refractivity contribution in [3.8, 4) is 22.6 Å². The van der Waals surface area contributed by atoms with Gasteiger partial charge in [0.05, 0.1) is 16.9 Å². The van der Waals surface area contributed by atoms with E-state index in [4.69, 9.17) is 11.5 Å². The lowest BCUT2D eigenvalue weighted by Gasteiger charge is -2.14. The molecule has 0 spiro atoms. The summed E-state index contributed by atoms with van der Waals surface area (Å²) in [5, 5.41) is 18.8. The van der Waals surface area contributed by atoms with Gasteiger partial charge >= 0.3 is 6.18 Å². The second kappa shape index (κ2) is 4.52. The molecule has 4 nitrogen and oxygen atoms in total. The number of hydrogen-bond donors (Lipinski definition) is 4. The van der Waals surface area contributed by atoms with Gasteiger partial charge in [-0.15, -0.1) is 0 Å². The number of aromatic hydroxyl groups is 2. The van der Waals surface area contributed by atoms with Crippen molar-refractivity contribution in [3.63, 3.8) is 0 Å². The molecule has 0 aliphatic carbocycles. The number of halogens is 3. The molecular formula is C13H11F3N2O2. The third kappa shape index (κ3) is 2.42. The van der Waals surface area contributed by atoms with E-state index in [1.54, 1.807) is 0 Å². The Morgan fingerprint density at radius 3 is 2.05 bits per heavy atom. The van der Waals surface area contributed by atoms with E-state index in [-0.39, 0.29) is 17.0 Å². The molecule has 0 bridgehead atoms. The van der Waals surface area contributed by atoms with Crippen LogP contribution in [0.25, 0.3) is 11.1 Å². The summed E-state index contributed by atoms with van der Waals surface area (Å²) >= 11 is 0. The second-order valence-electron chi connectivity index (χ2n) is 4.23. The summed E-state index contributed by atoms with van der Waals surface area (Å²) in [4.78, 5) is 0. The largest absolute Gasteiger partial charge is 0.506 e. The van der Waals surface area contributed by atoms with Crippen molar-refractivity contribution >= 4 is 11.4 Å². The fraction of sp³-hybridized carbons (Fsp3) is 0.0769. The Morgan fingerprint density at radius 2 is 1.50 bits per heavy atom. The Hall–Kier alpha value is -2.57. The van der Waals surface area contributed by atoms with Gasteiger partial charge in [0.1, 0.15) is 11.5 Å². The Labute approximate surface area is 112 Å². The summed E-state index contributed by atoms with van der Waals surface area (Å²) in [7, 11) is 0. The standard InChI is InChI=1S/C13H11F3N2O2/c14-13(15,16)8-3-7(5-11(20)12(8)18)6-1-2-10(19)9(17)4-6/h1-5,19-20H,17-18H2. The molecule has 0 saturated carbocycles. The molecule has 0 amide bonds. The van der Waals surface area contributed by atoms with E-state index in [1.807, 2.05) is 0 Å². The van der Waals surface area contributed by atoms with Gasteiger partial charge in [-0.2, -0.15) is 13.2 Å². The van der Waals surface area contributed by atoms with Gasteiger partial charge in [0.25, 0.3) is 0 Å². The van der Waals surface area contributed by atoms with Crippen molar-refractivity contribution in [2.45, 2.75) is 6.18 Å². The predicted octanol–water partition coefficient (Wildman–Crippen LogP) is 2.95. The molecule has 20 heavy (non-hydrogen) atoms. The molecule has 0 unspecified atom stereocenters. The molecule has 0 fully saturated rings. The molecule has 0 aromatic heterocycles. The molecule has 2 rings (SSSR count). The SMILES string of the molecule is Nc1cc(-c2cc(O)c(N)c(C(F)(F)F)c2)ccc1O. The van der Waals surface area contributed by atoms with E-state index >= 15 is 0 Å². The molecule has 0 radical (unpaired) electrons. The average Bonchev–Trinajstić information content (AvgIpc) is 2.34. The highest BCUT2D eigenvalue weighted by Gasteiger charge is 2.34. The third-order valence-electron chi connectivity index (χ3n) is 2.82. The fourth-order valence-corrected chi connectivity index (χ4v) is 1.77. The Kier molecular flexibility index (Phi) is 3.13. The van der Waals surface area contributed by atoms with Crippen LogP contribution in [0, 0.1) is 0 Å². The zero-order chi connectivity index (χ0) is 15.1. The zero-order valence-electron chi connectivity index (χ0n) is 10.1. The highest BCUT2D eigenvalue weighted by atomic mass is 19.4. The lowest BCUT2D eigenvalue weighted by Crippen LogP contribution is -2.09. The molecule has 2 aromatic carbocycles. The monoisotopic (exact) mass is 284 g/mol. The van der Waals surface area contributed by atoms with Gasteiger partial charge in [-0.1, -0.05) is 6.07 Å². The number of phenols is 2. The van der Waals surface area contributed by atoms with Crippen LogP contribution in [0.15, 0.2) is 30.3 Å². The number of rotatable bonds is 1. The van der Waals surface area contributed by atoms with E-state index in [1.165, 1.54) is 18.2 Å². The Balaban J connectivity index is 2.63. The fourth-order valence-electron chi connectivity index (χ4n) is 1.77. The maximum absolute atomic E-state index is 12.8. The van der Waals surface area contributed by atoms with Crippen LogP contribution in [-0.4, -0.2) is 10.2 Å². The van der Waals surface area contributed by atoms with Crippen LogP contribution in [0.2, 0.25) is 0 Å². The molecule has 0 heterocycles. The molecule has 0 aliphatic rings. The van der Waals surface area contributed by atoms with Crippen LogP contribution in [0.3, 0.4) is 0 Å². The van der Waals surface area contributed by atoms with E-state index in [9.17, 15) is 23.4 Å². The summed E-state index contributed by atoms with van der Waals surface area (Å²) < 4.78 is 38.4. The van der Waals surface area contributed by atoms with Crippen LogP contribution in [0.1, 0.15) is 5.56 Å². The summed E-state index contributed by atoms with van der Waals surface area (Å²) in [5.41, 5.74) is 9.31. The quantitative estimate of drug-likeness (QED) is 0.478. The highest BCUT2D eigenvalue weighted by molar-refractivity contribution is 5.76. The lowest BCUT2D eigenvalue weighted by molar-refractivity contribution is -0.137. The topological polar surface area (TPSA) is 92.5 Å². The first-order chi connectivity index (χ1) is 9.20. The van der Waals surface area contributed by atoms with Gasteiger partial charge in [-0.25, -0.2) is 0 Å². The molecule has 0 atom stereocenters. The average molecular weight is 284 g/mol. The van der Waals surface area contributed by atoms with Crippen LogP contribution in [-0.2, 0) is 6.18 Å². The number of benzene rings is 2. The summed E-state index contributed by atoms with van der Waals surface area (Å²) in [6.07, 6.45) is -4.68. The maximum Gasteiger partial charge on any atom is 0.418 e. The van der Waals surface area contributed by atoms with Crippen molar-refractivity contribution in [2.75, 3.05) is 11.5 Å². The van der Waals surface area contributed by atoms with Gasteiger partial charge in [0.2, 0.25) is 0 Å². The minimum Gasteiger partial charge on any atom is -0.506 e. The number of alkyl halides is 3. The first-order valence-corrected chi connectivity index (χ1v) is 5.48. The third-order valence-corrected chi connectivity index (χ3v) is 2.82. The van der Waals surface area contributed by atoms with E-state index in [0.29, 0.717) is 5.56 Å². The van der Waals surface area contributed by atoms with Gasteiger partial charge < -0.3 is 21.7 Å². The maximum atomic E-state index is 12.8. The molecule has 2 aromatic rings. The van der Waals surface area contributed by atoms with Crippen molar-refractivity contribution in [2.24, 2.45) is 0 Å². The first-order valence-electron chi connectivity index (χ1n) is 5.48. The Morgan fingerprint density at radius 1 is 0.850 bits per heavy atom. The number of anilines is 2.